The molecule has 2 rings (SSSR count). The summed E-state index contributed by atoms with van der Waals surface area (Å²) in [4.78, 5) is 14.5. The molecule has 0 aliphatic carbocycles. The van der Waals surface area contributed by atoms with Crippen molar-refractivity contribution in [1.82, 2.24) is 4.90 Å². The average Bonchev–Trinajstić information content (AvgIpc) is 2.68. The summed E-state index contributed by atoms with van der Waals surface area (Å²) in [5.74, 6) is 0.406. The summed E-state index contributed by atoms with van der Waals surface area (Å²) in [5, 5.41) is 0. The number of likely N-dealkylation sites (N-methyl/N-ethyl adjacent to an activating group) is 1. The second-order valence-electron chi connectivity index (χ2n) is 6.32. The molecule has 152 valence electrons. The second kappa shape index (κ2) is 9.59. The number of carbonyl (C=O) groups excluding carboxylic acids is 1. The lowest BCUT2D eigenvalue weighted by Gasteiger charge is -2.27. The van der Waals surface area contributed by atoms with Crippen molar-refractivity contribution in [3.05, 3.63) is 54.1 Å². The average molecular weight is 405 g/mol. The predicted molar refractivity (Wildman–Crippen MR) is 111 cm³/mol. The molecule has 0 unspecified atom stereocenters. The molecule has 6 nitrogen and oxygen atoms in total. The van der Waals surface area contributed by atoms with E-state index in [1.807, 2.05) is 27.7 Å². The number of anilines is 1. The van der Waals surface area contributed by atoms with Crippen LogP contribution in [-0.4, -0.2) is 45.5 Å². The predicted octanol–water partition coefficient (Wildman–Crippen LogP) is 3.46. The van der Waals surface area contributed by atoms with Gasteiger partial charge in [-0.1, -0.05) is 17.7 Å². The summed E-state index contributed by atoms with van der Waals surface area (Å²) in [6.07, 6.45) is 0. The maximum atomic E-state index is 13.3. The van der Waals surface area contributed by atoms with Gasteiger partial charge < -0.3 is 9.64 Å². The summed E-state index contributed by atoms with van der Waals surface area (Å²) in [7, 11) is -3.90. The Hall–Kier alpha value is -2.54. The first-order valence-electron chi connectivity index (χ1n) is 9.43. The third-order valence-electron chi connectivity index (χ3n) is 4.44. The highest BCUT2D eigenvalue weighted by atomic mass is 32.2. The first kappa shape index (κ1) is 21.8. The Bertz CT molecular complexity index is 874. The number of benzene rings is 2. The Morgan fingerprint density at radius 2 is 1.50 bits per heavy atom. The Labute approximate surface area is 167 Å². The quantitative estimate of drug-likeness (QED) is 0.642. The van der Waals surface area contributed by atoms with Gasteiger partial charge in [0.05, 0.1) is 17.2 Å². The van der Waals surface area contributed by atoms with E-state index in [1.165, 1.54) is 0 Å². The molecule has 0 radical (unpaired) electrons. The van der Waals surface area contributed by atoms with E-state index in [-0.39, 0.29) is 17.3 Å². The molecule has 0 fully saturated rings. The summed E-state index contributed by atoms with van der Waals surface area (Å²) in [6.45, 7) is 8.83. The number of aryl methyl sites for hydroxylation is 1. The number of hydrogen-bond acceptors (Lipinski definition) is 4. The van der Waals surface area contributed by atoms with E-state index in [9.17, 15) is 13.2 Å². The van der Waals surface area contributed by atoms with Crippen molar-refractivity contribution in [3.8, 4) is 5.75 Å². The van der Waals surface area contributed by atoms with Gasteiger partial charge in [-0.15, -0.1) is 0 Å². The first-order valence-corrected chi connectivity index (χ1v) is 10.9. The number of amides is 1. The molecule has 0 aliphatic rings. The Balaban J connectivity index is 2.45. The minimum absolute atomic E-state index is 0.152. The van der Waals surface area contributed by atoms with Crippen LogP contribution in [0.1, 0.15) is 26.3 Å². The molecular formula is C21H28N2O4S. The molecule has 28 heavy (non-hydrogen) atoms. The van der Waals surface area contributed by atoms with Crippen LogP contribution in [-0.2, 0) is 14.8 Å². The van der Waals surface area contributed by atoms with E-state index in [4.69, 9.17) is 4.74 Å². The van der Waals surface area contributed by atoms with Crippen LogP contribution in [0.3, 0.4) is 0 Å². The Morgan fingerprint density at radius 3 is 2.00 bits per heavy atom. The maximum absolute atomic E-state index is 13.3. The van der Waals surface area contributed by atoms with E-state index in [2.05, 4.69) is 0 Å². The topological polar surface area (TPSA) is 66.9 Å². The molecule has 0 N–H and O–H groups in total. The molecule has 0 aromatic heterocycles. The molecule has 0 bridgehead atoms. The van der Waals surface area contributed by atoms with Gasteiger partial charge in [-0.2, -0.15) is 0 Å². The van der Waals surface area contributed by atoms with E-state index >= 15 is 0 Å². The molecule has 0 saturated carbocycles. The smallest absolute Gasteiger partial charge is 0.264 e. The lowest BCUT2D eigenvalue weighted by Crippen LogP contribution is -2.43. The summed E-state index contributed by atoms with van der Waals surface area (Å²) >= 11 is 0. The first-order chi connectivity index (χ1) is 13.3. The minimum atomic E-state index is -3.90. The number of ether oxygens (including phenoxy) is 1. The Morgan fingerprint density at radius 1 is 0.929 bits per heavy atom. The molecule has 2 aromatic rings. The van der Waals surface area contributed by atoms with Gasteiger partial charge in [0.15, 0.2) is 0 Å². The summed E-state index contributed by atoms with van der Waals surface area (Å²) in [5.41, 5.74) is 1.38. The van der Waals surface area contributed by atoms with Gasteiger partial charge in [-0.3, -0.25) is 9.10 Å². The summed E-state index contributed by atoms with van der Waals surface area (Å²) in [6, 6.07) is 13.3. The van der Waals surface area contributed by atoms with Crippen molar-refractivity contribution in [2.24, 2.45) is 0 Å². The van der Waals surface area contributed by atoms with Crippen molar-refractivity contribution in [3.63, 3.8) is 0 Å². The van der Waals surface area contributed by atoms with Crippen molar-refractivity contribution < 1.29 is 17.9 Å². The van der Waals surface area contributed by atoms with Crippen molar-refractivity contribution in [2.75, 3.05) is 30.5 Å². The third-order valence-corrected chi connectivity index (χ3v) is 6.23. The largest absolute Gasteiger partial charge is 0.494 e. The lowest BCUT2D eigenvalue weighted by molar-refractivity contribution is -0.129. The van der Waals surface area contributed by atoms with Gasteiger partial charge in [0.25, 0.3) is 10.0 Å². The fraction of sp³-hybridized carbons (Fsp3) is 0.381. The molecular weight excluding hydrogens is 376 g/mol. The number of nitrogens with zero attached hydrogens (tertiary/aromatic N) is 2. The zero-order valence-corrected chi connectivity index (χ0v) is 17.7. The third kappa shape index (κ3) is 5.04. The van der Waals surface area contributed by atoms with Crippen LogP contribution in [0.15, 0.2) is 53.4 Å². The van der Waals surface area contributed by atoms with Gasteiger partial charge >= 0.3 is 0 Å². The second-order valence-corrected chi connectivity index (χ2v) is 8.18. The molecule has 0 atom stereocenters. The minimum Gasteiger partial charge on any atom is -0.494 e. The van der Waals surface area contributed by atoms with Crippen LogP contribution >= 0.6 is 0 Å². The lowest BCUT2D eigenvalue weighted by atomic mass is 10.2. The van der Waals surface area contributed by atoms with E-state index < -0.39 is 10.0 Å². The van der Waals surface area contributed by atoms with Crippen LogP contribution in [0, 0.1) is 6.92 Å². The molecule has 0 heterocycles. The van der Waals surface area contributed by atoms with Crippen LogP contribution in [0.2, 0.25) is 0 Å². The van der Waals surface area contributed by atoms with Gasteiger partial charge in [0.1, 0.15) is 12.3 Å². The zero-order chi connectivity index (χ0) is 20.7. The molecule has 0 saturated heterocycles. The van der Waals surface area contributed by atoms with E-state index in [1.54, 1.807) is 53.4 Å². The Kier molecular flexibility index (Phi) is 7.45. The monoisotopic (exact) mass is 404 g/mol. The standard InChI is InChI=1S/C21H28N2O4S/c1-5-22(6-2)21(24)16-23(18-10-12-19(13-11-18)27-7-3)28(25,26)20-14-8-17(4)9-15-20/h8-15H,5-7,16H2,1-4H3. The number of sulfonamides is 1. The highest BCUT2D eigenvalue weighted by Gasteiger charge is 2.28. The van der Waals surface area contributed by atoms with Gasteiger partial charge in [0, 0.05) is 13.1 Å². The normalized spacial score (nSPS) is 11.1. The van der Waals surface area contributed by atoms with Crippen molar-refractivity contribution >= 4 is 21.6 Å². The highest BCUT2D eigenvalue weighted by molar-refractivity contribution is 7.92. The fourth-order valence-electron chi connectivity index (χ4n) is 2.83. The summed E-state index contributed by atoms with van der Waals surface area (Å²) < 4.78 is 33.2. The van der Waals surface area contributed by atoms with Gasteiger partial charge in [0.2, 0.25) is 5.91 Å². The van der Waals surface area contributed by atoms with E-state index in [0.29, 0.717) is 31.1 Å². The zero-order valence-electron chi connectivity index (χ0n) is 16.9. The number of rotatable bonds is 9. The van der Waals surface area contributed by atoms with Crippen LogP contribution in [0.4, 0.5) is 5.69 Å². The number of hydrogen-bond donors (Lipinski definition) is 0. The van der Waals surface area contributed by atoms with Gasteiger partial charge in [-0.25, -0.2) is 8.42 Å². The maximum Gasteiger partial charge on any atom is 0.264 e. The van der Waals surface area contributed by atoms with Crippen molar-refractivity contribution in [1.29, 1.82) is 0 Å². The highest BCUT2D eigenvalue weighted by Crippen LogP contribution is 2.26. The van der Waals surface area contributed by atoms with Gasteiger partial charge in [-0.05, 0) is 64.1 Å². The molecule has 7 heteroatoms. The van der Waals surface area contributed by atoms with Crippen molar-refractivity contribution in [2.45, 2.75) is 32.6 Å². The molecule has 0 aliphatic heterocycles. The van der Waals surface area contributed by atoms with Crippen LogP contribution in [0.5, 0.6) is 5.75 Å². The molecule has 0 spiro atoms. The van der Waals surface area contributed by atoms with E-state index in [0.717, 1.165) is 9.87 Å². The fourth-order valence-corrected chi connectivity index (χ4v) is 4.24. The number of carbonyl (C=O) groups is 1. The SMILES string of the molecule is CCOc1ccc(N(CC(=O)N(CC)CC)S(=O)(=O)c2ccc(C)cc2)cc1. The van der Waals surface area contributed by atoms with Crippen LogP contribution < -0.4 is 9.04 Å². The van der Waals surface area contributed by atoms with Crippen LogP contribution in [0.25, 0.3) is 0 Å². The molecule has 1 amide bonds. The molecule has 2 aromatic carbocycles.